The van der Waals surface area contributed by atoms with Crippen LogP contribution in [-0.4, -0.2) is 55.2 Å². The number of amides is 2. The van der Waals surface area contributed by atoms with Crippen LogP contribution in [0.3, 0.4) is 0 Å². The van der Waals surface area contributed by atoms with E-state index in [0.717, 1.165) is 55.3 Å². The number of likely N-dealkylation sites (tertiary alicyclic amines) is 1. The summed E-state index contributed by atoms with van der Waals surface area (Å²) in [4.78, 5) is 32.4. The zero-order valence-corrected chi connectivity index (χ0v) is 17.8. The number of aromatic nitrogens is 4. The second-order valence-electron chi connectivity index (χ2n) is 8.32. The lowest BCUT2D eigenvalue weighted by atomic mass is 10.1. The number of hydrogen-bond donors (Lipinski definition) is 1. The molecule has 4 heterocycles. The molecule has 0 spiro atoms. The fourth-order valence-corrected chi connectivity index (χ4v) is 4.45. The van der Waals surface area contributed by atoms with Crippen LogP contribution in [0.1, 0.15) is 45.2 Å². The van der Waals surface area contributed by atoms with Gasteiger partial charge in [0.15, 0.2) is 0 Å². The van der Waals surface area contributed by atoms with Crippen molar-refractivity contribution in [1.29, 1.82) is 0 Å². The minimum atomic E-state index is -0.256. The molecule has 3 aromatic rings. The number of benzene rings is 1. The highest BCUT2D eigenvalue weighted by Gasteiger charge is 2.31. The molecule has 5 rings (SSSR count). The van der Waals surface area contributed by atoms with Crippen molar-refractivity contribution in [2.45, 2.75) is 38.8 Å². The first-order valence-corrected chi connectivity index (χ1v) is 10.8. The van der Waals surface area contributed by atoms with E-state index in [0.29, 0.717) is 17.7 Å². The van der Waals surface area contributed by atoms with Crippen LogP contribution >= 0.6 is 0 Å². The van der Waals surface area contributed by atoms with E-state index in [2.05, 4.69) is 34.0 Å². The smallest absolute Gasteiger partial charge is 0.270 e. The molecule has 0 aliphatic carbocycles. The first kappa shape index (κ1) is 19.5. The number of imidazole rings is 1. The monoisotopic (exact) mass is 418 g/mol. The molecule has 1 fully saturated rings. The van der Waals surface area contributed by atoms with Gasteiger partial charge in [0.2, 0.25) is 0 Å². The molecule has 2 aliphatic rings. The summed E-state index contributed by atoms with van der Waals surface area (Å²) in [6, 6.07) is 10.1. The Bertz CT molecular complexity index is 1140. The molecule has 0 unspecified atom stereocenters. The molecular formula is C23H26N6O2. The minimum absolute atomic E-state index is 0.0349. The third kappa shape index (κ3) is 3.41. The van der Waals surface area contributed by atoms with E-state index < -0.39 is 0 Å². The molecule has 8 heteroatoms. The summed E-state index contributed by atoms with van der Waals surface area (Å²) in [5.41, 5.74) is 3.95. The predicted octanol–water partition coefficient (Wildman–Crippen LogP) is 2.18. The molecule has 0 bridgehead atoms. The van der Waals surface area contributed by atoms with E-state index >= 15 is 0 Å². The van der Waals surface area contributed by atoms with E-state index in [1.165, 1.54) is 10.9 Å². The van der Waals surface area contributed by atoms with E-state index in [9.17, 15) is 9.59 Å². The zero-order valence-electron chi connectivity index (χ0n) is 17.8. The Balaban J connectivity index is 1.34. The van der Waals surface area contributed by atoms with Crippen LogP contribution in [0.2, 0.25) is 0 Å². The van der Waals surface area contributed by atoms with Gasteiger partial charge in [-0.25, -0.2) is 4.98 Å². The van der Waals surface area contributed by atoms with Crippen molar-refractivity contribution < 1.29 is 9.59 Å². The van der Waals surface area contributed by atoms with Gasteiger partial charge in [0.25, 0.3) is 11.8 Å². The maximum Gasteiger partial charge on any atom is 0.270 e. The van der Waals surface area contributed by atoms with Crippen molar-refractivity contribution in [3.05, 3.63) is 59.3 Å². The Kier molecular flexibility index (Phi) is 4.84. The third-order valence-electron chi connectivity index (χ3n) is 6.34. The van der Waals surface area contributed by atoms with Crippen molar-refractivity contribution >= 4 is 11.8 Å². The maximum absolute atomic E-state index is 13.1. The Labute approximate surface area is 180 Å². The van der Waals surface area contributed by atoms with Gasteiger partial charge in [-0.15, -0.1) is 0 Å². The molecule has 160 valence electrons. The van der Waals surface area contributed by atoms with Gasteiger partial charge >= 0.3 is 0 Å². The lowest BCUT2D eigenvalue weighted by molar-refractivity contribution is 0.0646. The van der Waals surface area contributed by atoms with Crippen LogP contribution in [0, 0.1) is 6.92 Å². The molecule has 1 N–H and O–H groups in total. The van der Waals surface area contributed by atoms with Gasteiger partial charge in [-0.2, -0.15) is 5.10 Å². The van der Waals surface area contributed by atoms with Crippen LogP contribution in [-0.2, 0) is 20.0 Å². The third-order valence-corrected chi connectivity index (χ3v) is 6.34. The molecule has 2 amide bonds. The van der Waals surface area contributed by atoms with Crippen LogP contribution < -0.4 is 5.32 Å². The first-order valence-electron chi connectivity index (χ1n) is 10.8. The highest BCUT2D eigenvalue weighted by atomic mass is 16.2. The molecule has 8 nitrogen and oxygen atoms in total. The Morgan fingerprint density at radius 2 is 1.90 bits per heavy atom. The summed E-state index contributed by atoms with van der Waals surface area (Å²) in [7, 11) is 1.70. The number of rotatable bonds is 4. The number of nitrogens with zero attached hydrogens (tertiary/aromatic N) is 5. The van der Waals surface area contributed by atoms with Crippen LogP contribution in [0.4, 0.5) is 0 Å². The Morgan fingerprint density at radius 3 is 2.61 bits per heavy atom. The fourth-order valence-electron chi connectivity index (χ4n) is 4.45. The number of aryl methyl sites for hydroxylation is 1. The van der Waals surface area contributed by atoms with E-state index in [-0.39, 0.29) is 17.9 Å². The summed E-state index contributed by atoms with van der Waals surface area (Å²) in [6.45, 7) is 4.38. The van der Waals surface area contributed by atoms with E-state index in [1.54, 1.807) is 11.9 Å². The van der Waals surface area contributed by atoms with E-state index in [4.69, 9.17) is 4.98 Å². The predicted molar refractivity (Wildman–Crippen MR) is 116 cm³/mol. The molecule has 2 aliphatic heterocycles. The Hall–Kier alpha value is -3.42. The van der Waals surface area contributed by atoms with Gasteiger partial charge in [0, 0.05) is 50.4 Å². The standard InChI is InChI=1S/C23H26N6O2/c1-15-20(16-7-4-3-5-8-16)26-19-13-17(9-12-29(15)19)25-22(30)21-18(14-24-27(21)2)23(31)28-10-6-11-28/h3-5,7-8,14,17H,6,9-13H2,1-2H3,(H,25,30)/t17-/m1/s1. The normalized spacial score (nSPS) is 17.7. The fraction of sp³-hybridized carbons (Fsp3) is 0.391. The van der Waals surface area contributed by atoms with Gasteiger partial charge in [0.1, 0.15) is 11.5 Å². The Morgan fingerprint density at radius 1 is 1.13 bits per heavy atom. The molecule has 31 heavy (non-hydrogen) atoms. The van der Waals surface area contributed by atoms with Gasteiger partial charge in [-0.05, 0) is 19.8 Å². The zero-order chi connectivity index (χ0) is 21.5. The van der Waals surface area contributed by atoms with Crippen molar-refractivity contribution in [1.82, 2.24) is 29.5 Å². The average Bonchev–Trinajstić information content (AvgIpc) is 3.27. The number of nitrogens with one attached hydrogen (secondary N) is 1. The minimum Gasteiger partial charge on any atom is -0.347 e. The van der Waals surface area contributed by atoms with Gasteiger partial charge in [-0.3, -0.25) is 14.3 Å². The first-order chi connectivity index (χ1) is 15.0. The van der Waals surface area contributed by atoms with Crippen LogP contribution in [0.25, 0.3) is 11.3 Å². The van der Waals surface area contributed by atoms with Gasteiger partial charge in [-0.1, -0.05) is 30.3 Å². The van der Waals surface area contributed by atoms with Crippen LogP contribution in [0.15, 0.2) is 36.5 Å². The summed E-state index contributed by atoms with van der Waals surface area (Å²) in [6.07, 6.45) is 3.98. The highest BCUT2D eigenvalue weighted by Crippen LogP contribution is 2.27. The molecular weight excluding hydrogens is 392 g/mol. The van der Waals surface area contributed by atoms with Crippen molar-refractivity contribution in [3.8, 4) is 11.3 Å². The molecule has 0 saturated carbocycles. The topological polar surface area (TPSA) is 85.1 Å². The van der Waals surface area contributed by atoms with Crippen molar-refractivity contribution in [2.24, 2.45) is 7.05 Å². The second kappa shape index (κ2) is 7.68. The molecule has 1 saturated heterocycles. The SMILES string of the molecule is Cc1c(-c2ccccc2)nc2n1CC[C@@H](NC(=O)c1c(C(=O)N3CCC3)cnn1C)C2. The lowest BCUT2D eigenvalue weighted by Gasteiger charge is -2.30. The summed E-state index contributed by atoms with van der Waals surface area (Å²) in [5, 5.41) is 7.29. The van der Waals surface area contributed by atoms with Crippen molar-refractivity contribution in [2.75, 3.05) is 13.1 Å². The largest absolute Gasteiger partial charge is 0.347 e. The molecule has 1 aromatic carbocycles. The van der Waals surface area contributed by atoms with Gasteiger partial charge < -0.3 is 14.8 Å². The quantitative estimate of drug-likeness (QED) is 0.704. The molecule has 2 aromatic heterocycles. The summed E-state index contributed by atoms with van der Waals surface area (Å²) >= 11 is 0. The number of carbonyl (C=O) groups is 2. The maximum atomic E-state index is 13.1. The van der Waals surface area contributed by atoms with Gasteiger partial charge in [0.05, 0.1) is 17.5 Å². The second-order valence-corrected chi connectivity index (χ2v) is 8.32. The summed E-state index contributed by atoms with van der Waals surface area (Å²) < 4.78 is 3.73. The number of hydrogen-bond acceptors (Lipinski definition) is 4. The molecule has 0 radical (unpaired) electrons. The average molecular weight is 419 g/mol. The van der Waals surface area contributed by atoms with E-state index in [1.807, 2.05) is 18.2 Å². The summed E-state index contributed by atoms with van der Waals surface area (Å²) in [5.74, 6) is 0.607. The molecule has 1 atom stereocenters. The highest BCUT2D eigenvalue weighted by molar-refractivity contribution is 6.06. The lowest BCUT2D eigenvalue weighted by Crippen LogP contribution is -2.44. The number of carbonyl (C=O) groups excluding carboxylic acids is 2. The van der Waals surface area contributed by atoms with Crippen molar-refractivity contribution in [3.63, 3.8) is 0 Å². The number of fused-ring (bicyclic) bond motifs is 1. The van der Waals surface area contributed by atoms with Crippen LogP contribution in [0.5, 0.6) is 0 Å².